The molecule has 8 nitrogen and oxygen atoms in total. The number of methoxy groups -OCH3 is 1. The van der Waals surface area contributed by atoms with E-state index in [1.807, 2.05) is 25.1 Å². The summed E-state index contributed by atoms with van der Waals surface area (Å²) < 4.78 is 11.9. The Morgan fingerprint density at radius 3 is 2.78 bits per heavy atom. The molecule has 0 unspecified atom stereocenters. The summed E-state index contributed by atoms with van der Waals surface area (Å²) in [6, 6.07) is 7.37. The number of ether oxygens (including phenoxy) is 1. The predicted octanol–water partition coefficient (Wildman–Crippen LogP) is 4.71. The predicted molar refractivity (Wildman–Crippen MR) is 124 cm³/mol. The minimum atomic E-state index is -0.211. The molecule has 9 heteroatoms. The number of aryl methyl sites for hydroxylation is 1. The maximum absolute atomic E-state index is 13.2. The van der Waals surface area contributed by atoms with E-state index >= 15 is 0 Å². The van der Waals surface area contributed by atoms with Gasteiger partial charge in [0.25, 0.3) is 5.56 Å². The molecule has 1 aromatic carbocycles. The first kappa shape index (κ1) is 24.0. The van der Waals surface area contributed by atoms with Gasteiger partial charge in [0.1, 0.15) is 0 Å². The maximum atomic E-state index is 13.2. The third kappa shape index (κ3) is 6.18. The van der Waals surface area contributed by atoms with Gasteiger partial charge >= 0.3 is 5.97 Å². The van der Waals surface area contributed by atoms with Gasteiger partial charge in [-0.1, -0.05) is 48.8 Å². The van der Waals surface area contributed by atoms with E-state index in [4.69, 9.17) is 9.51 Å². The molecule has 0 spiro atoms. The van der Waals surface area contributed by atoms with Crippen molar-refractivity contribution in [1.82, 2.24) is 19.7 Å². The molecule has 0 aliphatic carbocycles. The van der Waals surface area contributed by atoms with E-state index in [1.165, 1.54) is 18.9 Å². The second-order valence-corrected chi connectivity index (χ2v) is 8.98. The summed E-state index contributed by atoms with van der Waals surface area (Å²) in [7, 11) is 1.39. The van der Waals surface area contributed by atoms with Crippen LogP contribution in [0.15, 0.2) is 38.7 Å². The van der Waals surface area contributed by atoms with Crippen LogP contribution in [0.2, 0.25) is 0 Å². The second kappa shape index (κ2) is 11.8. The largest absolute Gasteiger partial charge is 0.469 e. The normalized spacial score (nSPS) is 12.2. The molecule has 0 radical (unpaired) electrons. The summed E-state index contributed by atoms with van der Waals surface area (Å²) in [5.41, 5.74) is 0.607. The second-order valence-electron chi connectivity index (χ2n) is 7.67. The molecule has 172 valence electrons. The third-order valence-electron chi connectivity index (χ3n) is 5.18. The Kier molecular flexibility index (Phi) is 8.84. The Morgan fingerprint density at radius 2 is 2.00 bits per heavy atom. The number of rotatable bonds is 12. The van der Waals surface area contributed by atoms with Gasteiger partial charge in [-0.2, -0.15) is 4.98 Å². The minimum absolute atomic E-state index is 0.0626. The molecule has 0 aliphatic rings. The average Bonchev–Trinajstić information content (AvgIpc) is 3.28. The first-order chi connectivity index (χ1) is 15.5. The number of carbonyl (C=O) groups excluding carboxylic acids is 1. The van der Waals surface area contributed by atoms with Crippen molar-refractivity contribution < 1.29 is 14.1 Å². The van der Waals surface area contributed by atoms with Crippen molar-refractivity contribution in [3.05, 3.63) is 46.3 Å². The van der Waals surface area contributed by atoms with Gasteiger partial charge in [-0.25, -0.2) is 4.98 Å². The molecule has 3 rings (SSSR count). The van der Waals surface area contributed by atoms with E-state index in [-0.39, 0.29) is 16.8 Å². The highest BCUT2D eigenvalue weighted by Gasteiger charge is 2.20. The molecule has 0 saturated carbocycles. The quantitative estimate of drug-likeness (QED) is 0.166. The van der Waals surface area contributed by atoms with E-state index in [1.54, 1.807) is 10.6 Å². The van der Waals surface area contributed by atoms with Crippen LogP contribution in [0.4, 0.5) is 0 Å². The molecule has 32 heavy (non-hydrogen) atoms. The molecule has 0 saturated heterocycles. The summed E-state index contributed by atoms with van der Waals surface area (Å²) in [6.07, 6.45) is 5.58. The van der Waals surface area contributed by atoms with E-state index in [9.17, 15) is 9.59 Å². The number of aromatic nitrogens is 4. The number of hydrogen-bond donors (Lipinski definition) is 0. The molecule has 2 heterocycles. The van der Waals surface area contributed by atoms with Gasteiger partial charge in [0.05, 0.1) is 23.3 Å². The van der Waals surface area contributed by atoms with Crippen LogP contribution >= 0.6 is 11.8 Å². The van der Waals surface area contributed by atoms with E-state index in [0.29, 0.717) is 40.7 Å². The van der Waals surface area contributed by atoms with Crippen LogP contribution in [0.5, 0.6) is 0 Å². The van der Waals surface area contributed by atoms with Crippen LogP contribution in [0.25, 0.3) is 10.9 Å². The number of carbonyl (C=O) groups is 1. The molecule has 0 N–H and O–H groups in total. The van der Waals surface area contributed by atoms with Crippen LogP contribution in [-0.2, 0) is 22.5 Å². The van der Waals surface area contributed by atoms with Gasteiger partial charge in [0.15, 0.2) is 11.0 Å². The zero-order chi connectivity index (χ0) is 22.9. The standard InChI is InChI=1S/C23H30N4O4S/c1-4-5-13-19-25-21(31-26-19)16(2)32-23-24-18-12-9-8-11-17(18)22(29)27(23)15-10-6-7-14-20(28)30-3/h8-9,11-12,16H,4-7,10,13-15H2,1-3H3/t16-/m0/s1. The fourth-order valence-corrected chi connectivity index (χ4v) is 4.30. The highest BCUT2D eigenvalue weighted by molar-refractivity contribution is 7.99. The molecule has 2 aromatic heterocycles. The van der Waals surface area contributed by atoms with Crippen molar-refractivity contribution in [3.63, 3.8) is 0 Å². The molecule has 1 atom stereocenters. The zero-order valence-electron chi connectivity index (χ0n) is 18.9. The van der Waals surface area contributed by atoms with Gasteiger partial charge in [-0.15, -0.1) is 0 Å². The molecule has 0 amide bonds. The lowest BCUT2D eigenvalue weighted by atomic mass is 10.2. The van der Waals surface area contributed by atoms with Crippen molar-refractivity contribution in [1.29, 1.82) is 0 Å². The molecule has 3 aromatic rings. The van der Waals surface area contributed by atoms with Crippen molar-refractivity contribution in [2.45, 2.75) is 75.7 Å². The van der Waals surface area contributed by atoms with Crippen LogP contribution in [-0.4, -0.2) is 32.8 Å². The van der Waals surface area contributed by atoms with E-state index in [0.717, 1.165) is 38.5 Å². The van der Waals surface area contributed by atoms with Crippen LogP contribution in [0.3, 0.4) is 0 Å². The van der Waals surface area contributed by atoms with E-state index < -0.39 is 0 Å². The zero-order valence-corrected chi connectivity index (χ0v) is 19.7. The molecular formula is C23H30N4O4S. The number of para-hydroxylation sites is 1. The first-order valence-electron chi connectivity index (χ1n) is 11.1. The van der Waals surface area contributed by atoms with Gasteiger partial charge in [-0.05, 0) is 38.3 Å². The number of hydrogen-bond acceptors (Lipinski definition) is 8. The van der Waals surface area contributed by atoms with Gasteiger partial charge in [0, 0.05) is 19.4 Å². The first-order valence-corrected chi connectivity index (χ1v) is 12.0. The van der Waals surface area contributed by atoms with Crippen LogP contribution < -0.4 is 5.56 Å². The average molecular weight is 459 g/mol. The van der Waals surface area contributed by atoms with Gasteiger partial charge < -0.3 is 9.26 Å². The fourth-order valence-electron chi connectivity index (χ4n) is 3.33. The SMILES string of the molecule is CCCCc1noc([C@H](C)Sc2nc3ccccc3c(=O)n2CCCCCC(=O)OC)n1. The Hall–Kier alpha value is -2.68. The van der Waals surface area contributed by atoms with Gasteiger partial charge in [-0.3, -0.25) is 14.2 Å². The lowest BCUT2D eigenvalue weighted by molar-refractivity contribution is -0.140. The lowest BCUT2D eigenvalue weighted by Gasteiger charge is -2.14. The Balaban J connectivity index is 1.78. The van der Waals surface area contributed by atoms with Crippen molar-refractivity contribution in [3.8, 4) is 0 Å². The summed E-state index contributed by atoms with van der Waals surface area (Å²) in [5.74, 6) is 1.04. The number of benzene rings is 1. The van der Waals surface area contributed by atoms with E-state index in [2.05, 4.69) is 21.8 Å². The maximum Gasteiger partial charge on any atom is 0.305 e. The Labute approximate surface area is 191 Å². The van der Waals surface area contributed by atoms with Gasteiger partial charge in [0.2, 0.25) is 5.89 Å². The number of unbranched alkanes of at least 4 members (excludes halogenated alkanes) is 3. The summed E-state index contributed by atoms with van der Waals surface area (Å²) >= 11 is 1.44. The summed E-state index contributed by atoms with van der Waals surface area (Å²) in [4.78, 5) is 33.8. The Bertz CT molecular complexity index is 1100. The third-order valence-corrected chi connectivity index (χ3v) is 6.26. The number of thioether (sulfide) groups is 1. The van der Waals surface area contributed by atoms with Crippen molar-refractivity contribution >= 4 is 28.6 Å². The molecule has 0 aliphatic heterocycles. The topological polar surface area (TPSA) is 100 Å². The Morgan fingerprint density at radius 1 is 1.19 bits per heavy atom. The minimum Gasteiger partial charge on any atom is -0.469 e. The van der Waals surface area contributed by atoms with Crippen molar-refractivity contribution in [2.24, 2.45) is 0 Å². The molecule has 0 fully saturated rings. The number of nitrogens with zero attached hydrogens (tertiary/aromatic N) is 4. The fraction of sp³-hybridized carbons (Fsp3) is 0.522. The van der Waals surface area contributed by atoms with Crippen molar-refractivity contribution in [2.75, 3.05) is 7.11 Å². The monoisotopic (exact) mass is 458 g/mol. The van der Waals surface area contributed by atoms with Crippen LogP contribution in [0.1, 0.15) is 69.3 Å². The number of esters is 1. The smallest absolute Gasteiger partial charge is 0.305 e. The molecule has 0 bridgehead atoms. The lowest BCUT2D eigenvalue weighted by Crippen LogP contribution is -2.23. The summed E-state index contributed by atoms with van der Waals surface area (Å²) in [6.45, 7) is 4.63. The highest BCUT2D eigenvalue weighted by atomic mass is 32.2. The molecular weight excluding hydrogens is 428 g/mol. The highest BCUT2D eigenvalue weighted by Crippen LogP contribution is 2.33. The van der Waals surface area contributed by atoms with Crippen LogP contribution in [0, 0.1) is 0 Å². The summed E-state index contributed by atoms with van der Waals surface area (Å²) in [5, 5.41) is 5.15. The number of fused-ring (bicyclic) bond motifs is 1.